The normalized spacial score (nSPS) is 18.1. The molecule has 1 saturated heterocycles. The maximum absolute atomic E-state index is 13.0. The molecule has 14 heteroatoms. The lowest BCUT2D eigenvalue weighted by molar-refractivity contribution is -0.143. The molecule has 0 aliphatic carbocycles. The predicted molar refractivity (Wildman–Crippen MR) is 120 cm³/mol. The van der Waals surface area contributed by atoms with Crippen LogP contribution < -0.4 is 16.4 Å². The number of hydrogen-bond donors (Lipinski definition) is 4. The molecular weight excluding hydrogens is 466 g/mol. The van der Waals surface area contributed by atoms with Crippen LogP contribution in [0.3, 0.4) is 0 Å². The predicted octanol–water partition coefficient (Wildman–Crippen LogP) is -0.389. The smallest absolute Gasteiger partial charge is 0.354 e. The van der Waals surface area contributed by atoms with Gasteiger partial charge in [-0.25, -0.2) is 19.8 Å². The van der Waals surface area contributed by atoms with E-state index in [1.807, 2.05) is 0 Å². The average molecular weight is 485 g/mol. The van der Waals surface area contributed by atoms with Gasteiger partial charge in [-0.1, -0.05) is 23.4 Å². The van der Waals surface area contributed by atoms with E-state index in [0.29, 0.717) is 5.69 Å². The molecule has 2 aliphatic rings. The molecule has 2 aliphatic heterocycles. The van der Waals surface area contributed by atoms with Crippen molar-refractivity contribution in [1.29, 1.82) is 0 Å². The molecule has 4 rings (SSSR count). The van der Waals surface area contributed by atoms with Gasteiger partial charge in [-0.15, -0.1) is 11.3 Å². The van der Waals surface area contributed by atoms with Crippen LogP contribution in [-0.2, 0) is 24.0 Å². The van der Waals surface area contributed by atoms with E-state index in [4.69, 9.17) is 10.6 Å². The Balaban J connectivity index is 1.53. The van der Waals surface area contributed by atoms with E-state index >= 15 is 0 Å². The summed E-state index contributed by atoms with van der Waals surface area (Å²) in [6, 6.07) is 7.43. The number of nitrogens with two attached hydrogens (primary N) is 1. The first-order valence-electron chi connectivity index (χ1n) is 9.85. The van der Waals surface area contributed by atoms with Crippen molar-refractivity contribution in [3.05, 3.63) is 52.7 Å². The Labute approximate surface area is 196 Å². The average Bonchev–Trinajstić information content (AvgIpc) is 3.48. The van der Waals surface area contributed by atoms with Gasteiger partial charge in [0.2, 0.25) is 0 Å². The molecule has 13 nitrogen and oxygen atoms in total. The van der Waals surface area contributed by atoms with E-state index in [1.54, 1.807) is 30.3 Å². The summed E-state index contributed by atoms with van der Waals surface area (Å²) >= 11 is 1.10. The quantitative estimate of drug-likeness (QED) is 0.300. The second-order valence-corrected chi connectivity index (χ2v) is 8.06. The highest BCUT2D eigenvalue weighted by Gasteiger charge is 2.49. The van der Waals surface area contributed by atoms with E-state index in [2.05, 4.69) is 20.8 Å². The first kappa shape index (κ1) is 22.9. The number of nitrogen functional groups attached to an aromatic ring is 1. The molecule has 1 fully saturated rings. The fraction of sp³-hybridized carbons (Fsp3) is 0.200. The van der Waals surface area contributed by atoms with Gasteiger partial charge in [0.1, 0.15) is 18.8 Å². The van der Waals surface area contributed by atoms with Crippen molar-refractivity contribution in [2.45, 2.75) is 6.04 Å². The molecule has 176 valence electrons. The number of nitrogens with one attached hydrogen (secondary N) is 2. The van der Waals surface area contributed by atoms with Crippen molar-refractivity contribution in [1.82, 2.24) is 20.3 Å². The molecule has 34 heavy (non-hydrogen) atoms. The number of benzene rings is 1. The number of carboxylic acid groups (broad SMARTS) is 1. The van der Waals surface area contributed by atoms with Crippen LogP contribution in [0.4, 0.5) is 10.8 Å². The number of rotatable bonds is 7. The van der Waals surface area contributed by atoms with Crippen molar-refractivity contribution in [2.24, 2.45) is 5.16 Å². The maximum Gasteiger partial charge on any atom is 0.354 e. The van der Waals surface area contributed by atoms with Crippen LogP contribution in [0.2, 0.25) is 0 Å². The highest BCUT2D eigenvalue weighted by molar-refractivity contribution is 7.13. The summed E-state index contributed by atoms with van der Waals surface area (Å²) in [6.07, 6.45) is 0. The number of para-hydroxylation sites is 1. The SMILES string of the molecule is CO/N=C(\C(=O)NC1CN2CC(C(=O)Nc3ccccc3)=C(C(=O)O)N2C1=O)c1csc(N)n1. The van der Waals surface area contributed by atoms with Crippen molar-refractivity contribution < 1.29 is 29.1 Å². The molecule has 1 aromatic heterocycles. The van der Waals surface area contributed by atoms with Crippen molar-refractivity contribution in [2.75, 3.05) is 31.2 Å². The molecule has 3 heterocycles. The lowest BCUT2D eigenvalue weighted by Gasteiger charge is -2.19. The van der Waals surface area contributed by atoms with E-state index < -0.39 is 35.4 Å². The Kier molecular flexibility index (Phi) is 6.25. The third-order valence-electron chi connectivity index (χ3n) is 5.00. The van der Waals surface area contributed by atoms with Gasteiger partial charge in [-0.2, -0.15) is 0 Å². The molecule has 3 amide bonds. The van der Waals surface area contributed by atoms with Crippen molar-refractivity contribution >= 4 is 51.6 Å². The zero-order chi connectivity index (χ0) is 24.4. The Morgan fingerprint density at radius 2 is 2.03 bits per heavy atom. The molecule has 0 saturated carbocycles. The van der Waals surface area contributed by atoms with E-state index in [1.165, 1.54) is 17.5 Å². The lowest BCUT2D eigenvalue weighted by atomic mass is 10.1. The number of oxime groups is 1. The van der Waals surface area contributed by atoms with Crippen LogP contribution in [0, 0.1) is 0 Å². The van der Waals surface area contributed by atoms with Crippen LogP contribution in [0.15, 0.2) is 52.1 Å². The number of hydrogen-bond acceptors (Lipinski definition) is 10. The van der Waals surface area contributed by atoms with E-state index in [-0.39, 0.29) is 35.2 Å². The standard InChI is InChI=1S/C20H19N7O6S/c1-33-25-14(13-9-34-20(21)24-13)17(29)23-12-8-26-7-11(15(19(31)32)27(26)18(12)30)16(28)22-10-5-3-2-4-6-10/h2-6,9,12H,7-8H2,1H3,(H2,21,24)(H,22,28)(H,23,29)(H,31,32)/b25-14-. The number of aliphatic carboxylic acids is 1. The molecular formula is C20H19N7O6S. The lowest BCUT2D eigenvalue weighted by Crippen LogP contribution is -2.46. The van der Waals surface area contributed by atoms with Crippen LogP contribution in [0.5, 0.6) is 0 Å². The van der Waals surface area contributed by atoms with Gasteiger partial charge in [-0.3, -0.25) is 14.4 Å². The molecule has 5 N–H and O–H groups in total. The summed E-state index contributed by atoms with van der Waals surface area (Å²) in [5.41, 5.74) is 5.53. The first-order chi connectivity index (χ1) is 16.3. The number of aromatic nitrogens is 1. The fourth-order valence-corrected chi connectivity index (χ4v) is 4.13. The second-order valence-electron chi connectivity index (χ2n) is 7.17. The largest absolute Gasteiger partial charge is 0.477 e. The van der Waals surface area contributed by atoms with E-state index in [0.717, 1.165) is 16.3 Å². The Morgan fingerprint density at radius 1 is 1.29 bits per heavy atom. The van der Waals surface area contributed by atoms with Crippen LogP contribution in [0.1, 0.15) is 5.69 Å². The van der Waals surface area contributed by atoms with E-state index in [9.17, 15) is 24.3 Å². The third-order valence-corrected chi connectivity index (χ3v) is 5.67. The maximum atomic E-state index is 13.0. The van der Waals surface area contributed by atoms with Crippen molar-refractivity contribution in [3.8, 4) is 0 Å². The topological polar surface area (TPSA) is 180 Å². The minimum Gasteiger partial charge on any atom is -0.477 e. The number of amides is 3. The fourth-order valence-electron chi connectivity index (χ4n) is 3.58. The highest BCUT2D eigenvalue weighted by atomic mass is 32.1. The molecule has 1 aromatic carbocycles. The number of nitrogens with zero attached hydrogens (tertiary/aromatic N) is 4. The van der Waals surface area contributed by atoms with Crippen molar-refractivity contribution in [3.63, 3.8) is 0 Å². The molecule has 0 radical (unpaired) electrons. The Morgan fingerprint density at radius 3 is 2.65 bits per heavy atom. The minimum absolute atomic E-state index is 0.0526. The van der Waals surface area contributed by atoms with Crippen LogP contribution in [-0.4, -0.2) is 75.8 Å². The number of fused-ring (bicyclic) bond motifs is 1. The van der Waals surface area contributed by atoms with Gasteiger partial charge in [0.15, 0.2) is 16.5 Å². The number of thiazole rings is 1. The van der Waals surface area contributed by atoms with Crippen LogP contribution >= 0.6 is 11.3 Å². The zero-order valence-electron chi connectivity index (χ0n) is 17.7. The molecule has 0 bridgehead atoms. The summed E-state index contributed by atoms with van der Waals surface area (Å²) in [6.45, 7) is -0.178. The highest BCUT2D eigenvalue weighted by Crippen LogP contribution is 2.30. The molecule has 1 unspecified atom stereocenters. The van der Waals surface area contributed by atoms with Gasteiger partial charge in [0, 0.05) is 17.6 Å². The third kappa shape index (κ3) is 4.31. The number of carboxylic acids is 1. The Bertz CT molecular complexity index is 1230. The van der Waals surface area contributed by atoms with Gasteiger partial charge >= 0.3 is 5.97 Å². The number of carbonyl (C=O) groups excluding carboxylic acids is 3. The second kappa shape index (κ2) is 9.29. The summed E-state index contributed by atoms with van der Waals surface area (Å²) in [5.74, 6) is -3.54. The van der Waals surface area contributed by atoms with Gasteiger partial charge in [-0.05, 0) is 12.1 Å². The summed E-state index contributed by atoms with van der Waals surface area (Å²) in [4.78, 5) is 59.2. The summed E-state index contributed by atoms with van der Waals surface area (Å²) in [5, 5.41) is 22.6. The monoisotopic (exact) mass is 485 g/mol. The molecule has 0 spiro atoms. The summed E-state index contributed by atoms with van der Waals surface area (Å²) in [7, 11) is 1.25. The number of anilines is 2. The zero-order valence-corrected chi connectivity index (χ0v) is 18.5. The van der Waals surface area contributed by atoms with Crippen LogP contribution in [0.25, 0.3) is 0 Å². The molecule has 1 atom stereocenters. The number of carbonyl (C=O) groups is 4. The first-order valence-corrected chi connectivity index (χ1v) is 10.7. The van der Waals surface area contributed by atoms with Gasteiger partial charge < -0.3 is 26.3 Å². The van der Waals surface area contributed by atoms with Gasteiger partial charge in [0.25, 0.3) is 17.7 Å². The summed E-state index contributed by atoms with van der Waals surface area (Å²) < 4.78 is 0. The molecule has 2 aromatic rings. The minimum atomic E-state index is -1.44. The number of hydrazine groups is 1. The van der Waals surface area contributed by atoms with Gasteiger partial charge in [0.05, 0.1) is 12.1 Å². The Hall–Kier alpha value is -4.30.